The van der Waals surface area contributed by atoms with Gasteiger partial charge >= 0.3 is 0 Å². The third-order valence-electron chi connectivity index (χ3n) is 3.35. The smallest absolute Gasteiger partial charge is 0.265 e. The monoisotopic (exact) mass is 358 g/mol. The van der Waals surface area contributed by atoms with E-state index in [0.717, 1.165) is 4.90 Å². The minimum Gasteiger partial charge on any atom is -0.450 e. The van der Waals surface area contributed by atoms with E-state index in [4.69, 9.17) is 16.6 Å². The molecule has 1 aliphatic heterocycles. The molecule has 5 nitrogen and oxygen atoms in total. The largest absolute Gasteiger partial charge is 0.450 e. The average Bonchev–Trinajstić information content (AvgIpc) is 3.00. The zero-order chi connectivity index (χ0) is 17.1. The summed E-state index contributed by atoms with van der Waals surface area (Å²) in [5, 5.41) is 3.32. The molecular weight excluding hydrogens is 344 g/mol. The van der Waals surface area contributed by atoms with Gasteiger partial charge in [-0.05, 0) is 49.5 Å². The molecule has 0 unspecified atom stereocenters. The number of hydrogen-bond donors (Lipinski definition) is 1. The van der Waals surface area contributed by atoms with Crippen molar-refractivity contribution in [1.29, 1.82) is 0 Å². The minimum absolute atomic E-state index is 0.0102. The lowest BCUT2D eigenvalue weighted by atomic mass is 10.1. The molecular formula is C17H14N2O3S2. The molecule has 0 saturated carbocycles. The fourth-order valence-corrected chi connectivity index (χ4v) is 3.30. The maximum absolute atomic E-state index is 12.3. The number of nitrogens with one attached hydrogen (secondary N) is 1. The van der Waals surface area contributed by atoms with Crippen LogP contribution in [0.15, 0.2) is 62.4 Å². The first-order valence-corrected chi connectivity index (χ1v) is 8.52. The lowest BCUT2D eigenvalue weighted by molar-refractivity contribution is -0.128. The van der Waals surface area contributed by atoms with Gasteiger partial charge in [-0.2, -0.15) is 0 Å². The van der Waals surface area contributed by atoms with Crippen molar-refractivity contribution in [2.45, 2.75) is 16.9 Å². The van der Waals surface area contributed by atoms with Crippen LogP contribution in [0.5, 0.6) is 0 Å². The predicted molar refractivity (Wildman–Crippen MR) is 95.4 cm³/mol. The second-order valence-electron chi connectivity index (χ2n) is 4.94. The van der Waals surface area contributed by atoms with E-state index < -0.39 is 11.8 Å². The van der Waals surface area contributed by atoms with Crippen LogP contribution in [0.25, 0.3) is 6.08 Å². The van der Waals surface area contributed by atoms with Crippen LogP contribution in [0, 0.1) is 0 Å². The molecule has 122 valence electrons. The molecule has 24 heavy (non-hydrogen) atoms. The lowest BCUT2D eigenvalue weighted by Gasteiger charge is -2.27. The zero-order valence-electron chi connectivity index (χ0n) is 12.8. The van der Waals surface area contributed by atoms with Crippen molar-refractivity contribution in [3.05, 3.63) is 53.8 Å². The van der Waals surface area contributed by atoms with Crippen molar-refractivity contribution >= 4 is 47.0 Å². The molecule has 3 rings (SSSR count). The molecule has 1 aromatic heterocycles. The summed E-state index contributed by atoms with van der Waals surface area (Å²) in [6, 6.07) is 13.3. The van der Waals surface area contributed by atoms with Crippen LogP contribution in [-0.4, -0.2) is 28.4 Å². The Kier molecular flexibility index (Phi) is 4.82. The molecule has 0 spiro atoms. The van der Waals surface area contributed by atoms with Gasteiger partial charge < -0.3 is 4.42 Å². The van der Waals surface area contributed by atoms with Crippen LogP contribution >= 0.6 is 24.0 Å². The molecule has 7 heteroatoms. The van der Waals surface area contributed by atoms with Crippen LogP contribution in [0.2, 0.25) is 0 Å². The van der Waals surface area contributed by atoms with Gasteiger partial charge in [0.1, 0.15) is 11.3 Å². The van der Waals surface area contributed by atoms with Gasteiger partial charge in [0, 0.05) is 11.4 Å². The molecule has 2 amide bonds. The molecule has 2 aromatic rings. The molecule has 1 fully saturated rings. The second-order valence-corrected chi connectivity index (χ2v) is 6.40. The van der Waals surface area contributed by atoms with E-state index in [2.05, 4.69) is 5.32 Å². The first kappa shape index (κ1) is 16.5. The van der Waals surface area contributed by atoms with E-state index in [1.54, 1.807) is 19.1 Å². The highest BCUT2D eigenvalue weighted by atomic mass is 32.2. The van der Waals surface area contributed by atoms with E-state index in [1.807, 2.05) is 30.3 Å². The highest BCUT2D eigenvalue weighted by molar-refractivity contribution is 7.99. The summed E-state index contributed by atoms with van der Waals surface area (Å²) >= 11 is 6.46. The predicted octanol–water partition coefficient (Wildman–Crippen LogP) is 3.08. The Morgan fingerprint density at radius 2 is 1.96 bits per heavy atom. The van der Waals surface area contributed by atoms with Gasteiger partial charge in [-0.1, -0.05) is 30.0 Å². The van der Waals surface area contributed by atoms with E-state index >= 15 is 0 Å². The standard InChI is InChI=1S/C17H14N2O3S2/c1-2-19-16(21)13(15(20)18-17(19)23)10-11-8-9-14(22-11)24-12-6-4-3-5-7-12/h3-10H,2H2,1H3,(H,18,20,23)/b13-10+. The third-order valence-corrected chi connectivity index (χ3v) is 4.60. The summed E-state index contributed by atoms with van der Waals surface area (Å²) in [5.41, 5.74) is 0.0102. The Labute approximate surface area is 148 Å². The van der Waals surface area contributed by atoms with Gasteiger partial charge in [0.15, 0.2) is 10.2 Å². The second kappa shape index (κ2) is 7.02. The van der Waals surface area contributed by atoms with E-state index in [1.165, 1.54) is 22.7 Å². The number of benzene rings is 1. The summed E-state index contributed by atoms with van der Waals surface area (Å²) in [6.07, 6.45) is 1.44. The molecule has 1 saturated heterocycles. The van der Waals surface area contributed by atoms with Gasteiger partial charge in [-0.15, -0.1) is 0 Å². The number of likely N-dealkylation sites (N-methyl/N-ethyl adjacent to an activating group) is 1. The Balaban J connectivity index is 1.82. The molecule has 2 heterocycles. The number of rotatable bonds is 4. The van der Waals surface area contributed by atoms with Crippen molar-refractivity contribution in [1.82, 2.24) is 10.2 Å². The van der Waals surface area contributed by atoms with E-state index in [0.29, 0.717) is 17.4 Å². The molecule has 0 radical (unpaired) electrons. The summed E-state index contributed by atoms with van der Waals surface area (Å²) in [6.45, 7) is 2.18. The van der Waals surface area contributed by atoms with Crippen LogP contribution in [0.3, 0.4) is 0 Å². The summed E-state index contributed by atoms with van der Waals surface area (Å²) < 4.78 is 5.69. The number of furan rings is 1. The van der Waals surface area contributed by atoms with Gasteiger partial charge in [0.05, 0.1) is 0 Å². The molecule has 1 aromatic carbocycles. The lowest BCUT2D eigenvalue weighted by Crippen LogP contribution is -2.53. The Bertz CT molecular complexity index is 827. The topological polar surface area (TPSA) is 62.6 Å². The van der Waals surface area contributed by atoms with Gasteiger partial charge in [0.2, 0.25) is 0 Å². The SMILES string of the molecule is CCN1C(=O)/C(=C/c2ccc(Sc3ccccc3)o2)C(=O)NC1=S. The Morgan fingerprint density at radius 3 is 2.67 bits per heavy atom. The number of thiocarbonyl (C=S) groups is 1. The third kappa shape index (κ3) is 3.42. The van der Waals surface area contributed by atoms with E-state index in [-0.39, 0.29) is 10.7 Å². The highest BCUT2D eigenvalue weighted by Gasteiger charge is 2.32. The summed E-state index contributed by atoms with van der Waals surface area (Å²) in [4.78, 5) is 26.7. The van der Waals surface area contributed by atoms with Crippen molar-refractivity contribution < 1.29 is 14.0 Å². The Hall–Kier alpha value is -2.38. The van der Waals surface area contributed by atoms with Crippen LogP contribution in [-0.2, 0) is 9.59 Å². The first-order valence-electron chi connectivity index (χ1n) is 7.30. The summed E-state index contributed by atoms with van der Waals surface area (Å²) in [5.74, 6) is -0.487. The molecule has 0 aliphatic carbocycles. The van der Waals surface area contributed by atoms with Crippen LogP contribution in [0.1, 0.15) is 12.7 Å². The van der Waals surface area contributed by atoms with Crippen LogP contribution in [0.4, 0.5) is 0 Å². The molecule has 1 aliphatic rings. The van der Waals surface area contributed by atoms with Crippen molar-refractivity contribution in [2.75, 3.05) is 6.54 Å². The van der Waals surface area contributed by atoms with Crippen molar-refractivity contribution in [2.24, 2.45) is 0 Å². The summed E-state index contributed by atoms with van der Waals surface area (Å²) in [7, 11) is 0. The fourth-order valence-electron chi connectivity index (χ4n) is 2.19. The Morgan fingerprint density at radius 1 is 1.21 bits per heavy atom. The van der Waals surface area contributed by atoms with Crippen LogP contribution < -0.4 is 5.32 Å². The normalized spacial score (nSPS) is 16.6. The van der Waals surface area contributed by atoms with Crippen molar-refractivity contribution in [3.8, 4) is 0 Å². The molecule has 1 N–H and O–H groups in total. The highest BCUT2D eigenvalue weighted by Crippen LogP contribution is 2.29. The number of hydrogen-bond acceptors (Lipinski definition) is 5. The number of carbonyl (C=O) groups is 2. The van der Waals surface area contributed by atoms with Crippen molar-refractivity contribution in [3.63, 3.8) is 0 Å². The fraction of sp³-hybridized carbons (Fsp3) is 0.118. The zero-order valence-corrected chi connectivity index (χ0v) is 14.4. The maximum Gasteiger partial charge on any atom is 0.265 e. The molecule has 0 bridgehead atoms. The average molecular weight is 358 g/mol. The number of carbonyl (C=O) groups excluding carboxylic acids is 2. The van der Waals surface area contributed by atoms with E-state index in [9.17, 15) is 9.59 Å². The van der Waals surface area contributed by atoms with Gasteiger partial charge in [-0.3, -0.25) is 19.8 Å². The van der Waals surface area contributed by atoms with Gasteiger partial charge in [-0.25, -0.2) is 0 Å². The number of nitrogens with zero attached hydrogens (tertiary/aromatic N) is 1. The van der Waals surface area contributed by atoms with Gasteiger partial charge in [0.25, 0.3) is 11.8 Å². The minimum atomic E-state index is -0.511. The molecule has 0 atom stereocenters. The number of amides is 2. The maximum atomic E-state index is 12.3. The quantitative estimate of drug-likeness (QED) is 0.517. The first-order chi connectivity index (χ1) is 11.6.